The fourth-order valence-electron chi connectivity index (χ4n) is 1.20. The van der Waals surface area contributed by atoms with Gasteiger partial charge in [0.2, 0.25) is 5.91 Å². The summed E-state index contributed by atoms with van der Waals surface area (Å²) in [4.78, 5) is 11.5. The summed E-state index contributed by atoms with van der Waals surface area (Å²) < 4.78 is 0. The number of hydrogen-bond donors (Lipinski definition) is 1. The van der Waals surface area contributed by atoms with Gasteiger partial charge < -0.3 is 5.32 Å². The van der Waals surface area contributed by atoms with Gasteiger partial charge in [0.25, 0.3) is 0 Å². The zero-order valence-electron chi connectivity index (χ0n) is 9.84. The lowest BCUT2D eigenvalue weighted by molar-refractivity contribution is -0.117. The fourth-order valence-corrected chi connectivity index (χ4v) is 1.67. The van der Waals surface area contributed by atoms with Crippen molar-refractivity contribution in [2.45, 2.75) is 26.3 Å². The molecular formula is C13H15Cl2NO. The molecule has 0 radical (unpaired) electrons. The van der Waals surface area contributed by atoms with E-state index in [1.54, 1.807) is 24.3 Å². The molecule has 17 heavy (non-hydrogen) atoms. The number of rotatable bonds is 4. The molecule has 0 bridgehead atoms. The normalized spacial score (nSPS) is 12.7. The van der Waals surface area contributed by atoms with E-state index in [0.29, 0.717) is 10.0 Å². The van der Waals surface area contributed by atoms with Crippen LogP contribution in [0.2, 0.25) is 10.0 Å². The molecule has 0 fully saturated rings. The van der Waals surface area contributed by atoms with Crippen LogP contribution in [0.3, 0.4) is 0 Å². The molecule has 1 amide bonds. The predicted molar refractivity (Wildman–Crippen MR) is 73.4 cm³/mol. The van der Waals surface area contributed by atoms with E-state index in [9.17, 15) is 4.79 Å². The average molecular weight is 272 g/mol. The van der Waals surface area contributed by atoms with Gasteiger partial charge in [-0.25, -0.2) is 0 Å². The van der Waals surface area contributed by atoms with Crippen LogP contribution in [-0.4, -0.2) is 11.9 Å². The molecule has 0 saturated carbocycles. The molecule has 4 heteroatoms. The van der Waals surface area contributed by atoms with Crippen LogP contribution in [0.1, 0.15) is 25.8 Å². The van der Waals surface area contributed by atoms with Gasteiger partial charge in [-0.2, -0.15) is 0 Å². The SMILES string of the molecule is CCC(C)NC(=O)/C=C/c1ccc(Cl)cc1Cl. The first-order chi connectivity index (χ1) is 8.02. The van der Waals surface area contributed by atoms with E-state index in [-0.39, 0.29) is 11.9 Å². The summed E-state index contributed by atoms with van der Waals surface area (Å²) in [5.41, 5.74) is 0.773. The lowest BCUT2D eigenvalue weighted by atomic mass is 10.2. The topological polar surface area (TPSA) is 29.1 Å². The van der Waals surface area contributed by atoms with Crippen LogP contribution in [0.5, 0.6) is 0 Å². The lowest BCUT2D eigenvalue weighted by Gasteiger charge is -2.08. The summed E-state index contributed by atoms with van der Waals surface area (Å²) in [6.45, 7) is 3.98. The first-order valence-electron chi connectivity index (χ1n) is 5.46. The van der Waals surface area contributed by atoms with Crippen LogP contribution in [0.15, 0.2) is 24.3 Å². The van der Waals surface area contributed by atoms with Crippen molar-refractivity contribution in [3.63, 3.8) is 0 Å². The second kappa shape index (κ2) is 6.67. The Morgan fingerprint density at radius 3 is 2.76 bits per heavy atom. The number of hydrogen-bond acceptors (Lipinski definition) is 1. The summed E-state index contributed by atoms with van der Waals surface area (Å²) in [5.74, 6) is -0.120. The van der Waals surface area contributed by atoms with E-state index in [0.717, 1.165) is 12.0 Å². The maximum absolute atomic E-state index is 11.5. The highest BCUT2D eigenvalue weighted by Gasteiger charge is 2.02. The van der Waals surface area contributed by atoms with E-state index in [4.69, 9.17) is 23.2 Å². The van der Waals surface area contributed by atoms with Crippen molar-refractivity contribution in [2.24, 2.45) is 0 Å². The van der Waals surface area contributed by atoms with Crippen LogP contribution in [0.4, 0.5) is 0 Å². The van der Waals surface area contributed by atoms with Gasteiger partial charge in [-0.05, 0) is 37.1 Å². The van der Waals surface area contributed by atoms with Crippen molar-refractivity contribution in [1.29, 1.82) is 0 Å². The van der Waals surface area contributed by atoms with E-state index in [1.165, 1.54) is 6.08 Å². The van der Waals surface area contributed by atoms with Gasteiger partial charge in [-0.1, -0.05) is 36.2 Å². The predicted octanol–water partition coefficient (Wildman–Crippen LogP) is 3.92. The van der Waals surface area contributed by atoms with Gasteiger partial charge in [0.1, 0.15) is 0 Å². The van der Waals surface area contributed by atoms with Gasteiger partial charge in [-0.3, -0.25) is 4.79 Å². The third-order valence-electron chi connectivity index (χ3n) is 2.38. The van der Waals surface area contributed by atoms with Crippen LogP contribution in [0.25, 0.3) is 6.08 Å². The second-order valence-electron chi connectivity index (χ2n) is 3.82. The van der Waals surface area contributed by atoms with Gasteiger partial charge in [0, 0.05) is 22.2 Å². The number of amides is 1. The summed E-state index contributed by atoms with van der Waals surface area (Å²) in [6.07, 6.45) is 4.05. The Bertz CT molecular complexity index is 429. The van der Waals surface area contributed by atoms with E-state index in [2.05, 4.69) is 5.32 Å². The molecule has 2 nitrogen and oxygen atoms in total. The Morgan fingerprint density at radius 1 is 1.47 bits per heavy atom. The van der Waals surface area contributed by atoms with Gasteiger partial charge in [0.15, 0.2) is 0 Å². The first-order valence-corrected chi connectivity index (χ1v) is 6.22. The standard InChI is InChI=1S/C13H15Cl2NO/c1-3-9(2)16-13(17)7-5-10-4-6-11(14)8-12(10)15/h4-9H,3H2,1-2H3,(H,16,17)/b7-5+. The molecule has 0 aliphatic carbocycles. The minimum absolute atomic E-state index is 0.120. The van der Waals surface area contributed by atoms with Gasteiger partial charge >= 0.3 is 0 Å². The van der Waals surface area contributed by atoms with Gasteiger partial charge in [-0.15, -0.1) is 0 Å². The average Bonchev–Trinajstić information content (AvgIpc) is 2.27. The van der Waals surface area contributed by atoms with Crippen molar-refractivity contribution in [3.05, 3.63) is 39.9 Å². The number of carbonyl (C=O) groups excluding carboxylic acids is 1. The highest BCUT2D eigenvalue weighted by molar-refractivity contribution is 6.35. The van der Waals surface area contributed by atoms with Crippen LogP contribution in [0, 0.1) is 0 Å². The van der Waals surface area contributed by atoms with Crippen molar-refractivity contribution in [3.8, 4) is 0 Å². The third-order valence-corrected chi connectivity index (χ3v) is 2.94. The number of halogens is 2. The summed E-state index contributed by atoms with van der Waals surface area (Å²) in [6, 6.07) is 5.33. The van der Waals surface area contributed by atoms with E-state index in [1.807, 2.05) is 13.8 Å². The highest BCUT2D eigenvalue weighted by atomic mass is 35.5. The molecule has 92 valence electrons. The maximum atomic E-state index is 11.5. The van der Waals surface area contributed by atoms with Crippen LogP contribution in [-0.2, 0) is 4.79 Å². The number of carbonyl (C=O) groups is 1. The smallest absolute Gasteiger partial charge is 0.244 e. The zero-order valence-corrected chi connectivity index (χ0v) is 11.3. The summed E-state index contributed by atoms with van der Waals surface area (Å²) >= 11 is 11.8. The minimum Gasteiger partial charge on any atom is -0.350 e. The number of nitrogens with one attached hydrogen (secondary N) is 1. The second-order valence-corrected chi connectivity index (χ2v) is 4.66. The molecule has 1 rings (SSSR count). The van der Waals surface area contributed by atoms with Crippen LogP contribution >= 0.6 is 23.2 Å². The van der Waals surface area contributed by atoms with Crippen molar-refractivity contribution in [1.82, 2.24) is 5.32 Å². The Hall–Kier alpha value is -0.990. The molecule has 0 aliphatic rings. The molecule has 0 spiro atoms. The Morgan fingerprint density at radius 2 is 2.18 bits per heavy atom. The largest absolute Gasteiger partial charge is 0.350 e. The molecule has 0 saturated heterocycles. The minimum atomic E-state index is -0.120. The Balaban J connectivity index is 2.67. The molecule has 1 aromatic carbocycles. The van der Waals surface area contributed by atoms with Crippen molar-refractivity contribution in [2.75, 3.05) is 0 Å². The third kappa shape index (κ3) is 4.80. The van der Waals surface area contributed by atoms with Crippen molar-refractivity contribution >= 4 is 35.2 Å². The lowest BCUT2D eigenvalue weighted by Crippen LogP contribution is -2.30. The van der Waals surface area contributed by atoms with E-state index >= 15 is 0 Å². The molecule has 0 aliphatic heterocycles. The first kappa shape index (κ1) is 14.1. The molecular weight excluding hydrogens is 257 g/mol. The van der Waals surface area contributed by atoms with Crippen molar-refractivity contribution < 1.29 is 4.79 Å². The maximum Gasteiger partial charge on any atom is 0.244 e. The summed E-state index contributed by atoms with van der Waals surface area (Å²) in [7, 11) is 0. The Labute approximate surface area is 112 Å². The van der Waals surface area contributed by atoms with E-state index < -0.39 is 0 Å². The number of benzene rings is 1. The molecule has 1 N–H and O–H groups in total. The van der Waals surface area contributed by atoms with Crippen LogP contribution < -0.4 is 5.32 Å². The van der Waals surface area contributed by atoms with Gasteiger partial charge in [0.05, 0.1) is 0 Å². The molecule has 1 aromatic rings. The highest BCUT2D eigenvalue weighted by Crippen LogP contribution is 2.21. The summed E-state index contributed by atoms with van der Waals surface area (Å²) in [5, 5.41) is 3.95. The molecule has 1 unspecified atom stereocenters. The molecule has 1 atom stereocenters. The molecule has 0 heterocycles. The Kier molecular flexibility index (Phi) is 5.52. The quantitative estimate of drug-likeness (QED) is 0.827. The zero-order chi connectivity index (χ0) is 12.8. The molecule has 0 aromatic heterocycles. The monoisotopic (exact) mass is 271 g/mol. The fraction of sp³-hybridized carbons (Fsp3) is 0.308.